The fraction of sp³-hybridized carbons (Fsp3) is 0.286. The lowest BCUT2D eigenvalue weighted by Crippen LogP contribution is -2.27. The van der Waals surface area contributed by atoms with Gasteiger partial charge in [0.15, 0.2) is 5.82 Å². The largest absolute Gasteiger partial charge is 0.351 e. The number of hydrogen-bond donors (Lipinski definition) is 2. The van der Waals surface area contributed by atoms with E-state index in [2.05, 4.69) is 25.9 Å². The molecular weight excluding hydrogens is 304 g/mol. The van der Waals surface area contributed by atoms with Crippen molar-refractivity contribution in [1.82, 2.24) is 30.5 Å². The number of carbonyl (C=O) groups excluding carboxylic acids is 1. The minimum atomic E-state index is -0.184. The van der Waals surface area contributed by atoms with Crippen molar-refractivity contribution >= 4 is 28.4 Å². The molecule has 2 N–H and O–H groups in total. The van der Waals surface area contributed by atoms with Crippen molar-refractivity contribution in [3.05, 3.63) is 40.8 Å². The molecule has 0 atom stereocenters. The van der Waals surface area contributed by atoms with Gasteiger partial charge in [-0.25, -0.2) is 0 Å². The van der Waals surface area contributed by atoms with Gasteiger partial charge in [-0.05, 0) is 12.5 Å². The molecule has 8 heteroatoms. The third-order valence-corrected chi connectivity index (χ3v) is 3.89. The van der Waals surface area contributed by atoms with Gasteiger partial charge in [-0.1, -0.05) is 35.0 Å². The number of nitrogens with one attached hydrogen (secondary N) is 2. The van der Waals surface area contributed by atoms with Gasteiger partial charge >= 0.3 is 0 Å². The second kappa shape index (κ2) is 6.15. The highest BCUT2D eigenvalue weighted by atomic mass is 35.5. The van der Waals surface area contributed by atoms with Gasteiger partial charge in [-0.15, -0.1) is 10.2 Å². The van der Waals surface area contributed by atoms with Crippen LogP contribution in [0.3, 0.4) is 0 Å². The first-order valence-corrected chi connectivity index (χ1v) is 7.29. The molecule has 1 amide bonds. The lowest BCUT2D eigenvalue weighted by Gasteiger charge is -2.06. The monoisotopic (exact) mass is 318 g/mol. The molecule has 0 spiro atoms. The predicted octanol–water partition coefficient (Wildman–Crippen LogP) is 1.71. The normalized spacial score (nSPS) is 11.0. The molecule has 0 bridgehead atoms. The summed E-state index contributed by atoms with van der Waals surface area (Å²) in [4.78, 5) is 12.4. The fourth-order valence-corrected chi connectivity index (χ4v) is 2.79. The fourth-order valence-electron chi connectivity index (χ4n) is 2.42. The van der Waals surface area contributed by atoms with E-state index in [4.69, 9.17) is 11.6 Å². The van der Waals surface area contributed by atoms with Gasteiger partial charge in [-0.3, -0.25) is 4.79 Å². The van der Waals surface area contributed by atoms with Crippen LogP contribution in [0.4, 0.5) is 0 Å². The summed E-state index contributed by atoms with van der Waals surface area (Å²) in [5.41, 5.74) is 1.41. The van der Waals surface area contributed by atoms with Gasteiger partial charge in [0, 0.05) is 30.9 Å². The molecule has 0 aliphatic carbocycles. The van der Waals surface area contributed by atoms with Crippen LogP contribution in [0.15, 0.2) is 24.3 Å². The van der Waals surface area contributed by atoms with Crippen LogP contribution in [0.2, 0.25) is 5.02 Å². The highest BCUT2D eigenvalue weighted by molar-refractivity contribution is 6.38. The van der Waals surface area contributed by atoms with Crippen molar-refractivity contribution in [2.45, 2.75) is 12.8 Å². The Hall–Kier alpha value is -2.41. The van der Waals surface area contributed by atoms with Gasteiger partial charge in [0.1, 0.15) is 5.69 Å². The van der Waals surface area contributed by atoms with Gasteiger partial charge < -0.3 is 9.88 Å². The summed E-state index contributed by atoms with van der Waals surface area (Å²) >= 11 is 6.34. The lowest BCUT2D eigenvalue weighted by atomic mass is 10.2. The summed E-state index contributed by atoms with van der Waals surface area (Å²) in [5.74, 6) is 0.452. The topological polar surface area (TPSA) is 88.5 Å². The van der Waals surface area contributed by atoms with E-state index in [-0.39, 0.29) is 5.91 Å². The molecule has 1 aromatic carbocycles. The number of carbonyl (C=O) groups is 1. The number of para-hydroxylation sites is 1. The molecule has 0 aliphatic heterocycles. The maximum Gasteiger partial charge on any atom is 0.269 e. The maximum atomic E-state index is 12.4. The van der Waals surface area contributed by atoms with Crippen molar-refractivity contribution in [1.29, 1.82) is 0 Å². The van der Waals surface area contributed by atoms with E-state index in [1.54, 1.807) is 0 Å². The smallest absolute Gasteiger partial charge is 0.269 e. The highest BCUT2D eigenvalue weighted by Gasteiger charge is 2.19. The third-order valence-electron chi connectivity index (χ3n) is 3.51. The number of fused-ring (bicyclic) bond motifs is 1. The summed E-state index contributed by atoms with van der Waals surface area (Å²) in [6, 6.07) is 7.67. The van der Waals surface area contributed by atoms with Crippen molar-refractivity contribution in [3.63, 3.8) is 0 Å². The van der Waals surface area contributed by atoms with E-state index in [1.165, 1.54) is 0 Å². The molecule has 3 aromatic rings. The molecule has 7 nitrogen and oxygen atoms in total. The molecular formula is C14H15ClN6O. The van der Waals surface area contributed by atoms with E-state index in [9.17, 15) is 4.79 Å². The third kappa shape index (κ3) is 2.67. The van der Waals surface area contributed by atoms with Gasteiger partial charge in [0.05, 0.1) is 5.02 Å². The summed E-state index contributed by atoms with van der Waals surface area (Å²) in [7, 11) is 1.84. The average molecular weight is 319 g/mol. The van der Waals surface area contributed by atoms with Crippen LogP contribution in [0.1, 0.15) is 22.7 Å². The zero-order valence-electron chi connectivity index (χ0n) is 12.0. The summed E-state index contributed by atoms with van der Waals surface area (Å²) in [5, 5.41) is 17.8. The van der Waals surface area contributed by atoms with Crippen LogP contribution in [0.5, 0.6) is 0 Å². The molecule has 0 saturated heterocycles. The number of aryl methyl sites for hydroxylation is 2. The van der Waals surface area contributed by atoms with Gasteiger partial charge in [0.25, 0.3) is 5.91 Å². The molecule has 0 saturated carbocycles. The molecule has 2 heterocycles. The zero-order valence-corrected chi connectivity index (χ0v) is 12.8. The number of nitrogens with zero attached hydrogens (tertiary/aromatic N) is 4. The SMILES string of the molecule is Cn1c(C(=O)NCCCc2nn[nH]n2)c(Cl)c2ccccc21. The zero-order chi connectivity index (χ0) is 15.5. The molecule has 114 valence electrons. The maximum absolute atomic E-state index is 12.4. The summed E-state index contributed by atoms with van der Waals surface area (Å²) in [6.07, 6.45) is 1.38. The Morgan fingerprint density at radius 3 is 2.95 bits per heavy atom. The van der Waals surface area contributed by atoms with Crippen molar-refractivity contribution in [3.8, 4) is 0 Å². The first-order chi connectivity index (χ1) is 10.7. The number of H-pyrrole nitrogens is 1. The highest BCUT2D eigenvalue weighted by Crippen LogP contribution is 2.29. The Bertz CT molecular complexity index is 756. The van der Waals surface area contributed by atoms with E-state index < -0.39 is 0 Å². The van der Waals surface area contributed by atoms with E-state index in [1.807, 2.05) is 35.9 Å². The molecule has 3 rings (SSSR count). The quantitative estimate of drug-likeness (QED) is 0.701. The molecule has 0 fully saturated rings. The summed E-state index contributed by atoms with van der Waals surface area (Å²) < 4.78 is 1.81. The number of amides is 1. The molecule has 0 unspecified atom stereocenters. The van der Waals surface area contributed by atoms with E-state index in [0.29, 0.717) is 29.5 Å². The number of benzene rings is 1. The summed E-state index contributed by atoms with van der Waals surface area (Å²) in [6.45, 7) is 0.519. The Kier molecular flexibility index (Phi) is 4.06. The Morgan fingerprint density at radius 1 is 1.41 bits per heavy atom. The minimum Gasteiger partial charge on any atom is -0.351 e. The Balaban J connectivity index is 1.67. The van der Waals surface area contributed by atoms with Gasteiger partial charge in [0.2, 0.25) is 0 Å². The van der Waals surface area contributed by atoms with Crippen LogP contribution in [-0.2, 0) is 13.5 Å². The van der Waals surface area contributed by atoms with Crippen molar-refractivity contribution in [2.75, 3.05) is 6.54 Å². The Morgan fingerprint density at radius 2 is 2.23 bits per heavy atom. The minimum absolute atomic E-state index is 0.184. The number of aromatic nitrogens is 5. The van der Waals surface area contributed by atoms with Crippen molar-refractivity contribution in [2.24, 2.45) is 7.05 Å². The van der Waals surface area contributed by atoms with Crippen molar-refractivity contribution < 1.29 is 4.79 Å². The molecule has 2 aromatic heterocycles. The standard InChI is InChI=1S/C14H15ClN6O/c1-21-10-6-3-2-5-9(10)12(15)13(21)14(22)16-8-4-7-11-17-19-20-18-11/h2-3,5-6H,4,7-8H2,1H3,(H,16,22)(H,17,18,19,20). The van der Waals surface area contributed by atoms with Crippen LogP contribution in [-0.4, -0.2) is 37.6 Å². The molecule has 22 heavy (non-hydrogen) atoms. The number of hydrogen-bond acceptors (Lipinski definition) is 4. The second-order valence-electron chi connectivity index (χ2n) is 4.93. The Labute approximate surface area is 131 Å². The number of halogens is 1. The number of aromatic amines is 1. The average Bonchev–Trinajstić information content (AvgIpc) is 3.12. The first-order valence-electron chi connectivity index (χ1n) is 6.92. The van der Waals surface area contributed by atoms with E-state index in [0.717, 1.165) is 17.3 Å². The lowest BCUT2D eigenvalue weighted by molar-refractivity contribution is 0.0945. The molecule has 0 radical (unpaired) electrons. The number of tetrazole rings is 1. The van der Waals surface area contributed by atoms with Gasteiger partial charge in [-0.2, -0.15) is 5.21 Å². The first kappa shape index (κ1) is 14.5. The van der Waals surface area contributed by atoms with Crippen LogP contribution < -0.4 is 5.32 Å². The second-order valence-corrected chi connectivity index (χ2v) is 5.30. The van der Waals surface area contributed by atoms with E-state index >= 15 is 0 Å². The number of rotatable bonds is 5. The van der Waals surface area contributed by atoms with Crippen LogP contribution >= 0.6 is 11.6 Å². The predicted molar refractivity (Wildman–Crippen MR) is 82.8 cm³/mol. The van der Waals surface area contributed by atoms with Crippen LogP contribution in [0.25, 0.3) is 10.9 Å². The van der Waals surface area contributed by atoms with Crippen LogP contribution in [0, 0.1) is 0 Å². The molecule has 0 aliphatic rings.